The van der Waals surface area contributed by atoms with E-state index >= 15 is 0 Å². The van der Waals surface area contributed by atoms with Crippen LogP contribution in [0.3, 0.4) is 0 Å². The van der Waals surface area contributed by atoms with Crippen molar-refractivity contribution >= 4 is 56.2 Å². The lowest BCUT2D eigenvalue weighted by Crippen LogP contribution is -2.07. The van der Waals surface area contributed by atoms with Crippen LogP contribution in [-0.2, 0) is 9.53 Å². The first-order valence-electron chi connectivity index (χ1n) is 7.29. The molecule has 7 heteroatoms. The molecule has 0 aliphatic carbocycles. The molecule has 1 heterocycles. The van der Waals surface area contributed by atoms with Gasteiger partial charge in [-0.05, 0) is 42.0 Å². The van der Waals surface area contributed by atoms with Gasteiger partial charge in [-0.2, -0.15) is 0 Å². The number of rotatable bonds is 4. The van der Waals surface area contributed by atoms with Crippen molar-refractivity contribution in [2.45, 2.75) is 0 Å². The van der Waals surface area contributed by atoms with Gasteiger partial charge < -0.3 is 4.74 Å². The zero-order valence-electron chi connectivity index (χ0n) is 13.2. The quantitative estimate of drug-likeness (QED) is 0.544. The zero-order valence-corrected chi connectivity index (χ0v) is 14.7. The Bertz CT molecular complexity index is 964. The third-order valence-corrected chi connectivity index (χ3v) is 4.52. The van der Waals surface area contributed by atoms with Gasteiger partial charge in [-0.1, -0.05) is 35.1 Å². The van der Waals surface area contributed by atoms with Crippen LogP contribution in [0, 0.1) is 0 Å². The van der Waals surface area contributed by atoms with Crippen molar-refractivity contribution < 1.29 is 14.3 Å². The molecular weight excluding hydrogens is 360 g/mol. The number of aromatic nitrogens is 1. The van der Waals surface area contributed by atoms with E-state index < -0.39 is 5.97 Å². The molecule has 3 aromatic rings. The summed E-state index contributed by atoms with van der Waals surface area (Å²) >= 11 is 7.11. The van der Waals surface area contributed by atoms with Crippen LogP contribution >= 0.6 is 22.9 Å². The standard InChI is InChI=1S/C18H13ClN2O3S/c1-24-17(23)12-5-8-14-15(10-12)25-18(20-14)21-16(22)9-4-11-2-6-13(19)7-3-11/h2-10H,1H3,(H,20,21,22)/b9-4+. The molecule has 0 saturated heterocycles. The molecule has 25 heavy (non-hydrogen) atoms. The number of ether oxygens (including phenoxy) is 1. The summed E-state index contributed by atoms with van der Waals surface area (Å²) in [5.74, 6) is -0.700. The summed E-state index contributed by atoms with van der Waals surface area (Å²) in [6.45, 7) is 0. The van der Waals surface area contributed by atoms with Crippen LogP contribution in [0.4, 0.5) is 5.13 Å². The van der Waals surface area contributed by atoms with Gasteiger partial charge in [0.2, 0.25) is 5.91 Å². The van der Waals surface area contributed by atoms with Gasteiger partial charge in [0.1, 0.15) is 0 Å². The number of methoxy groups -OCH3 is 1. The summed E-state index contributed by atoms with van der Waals surface area (Å²) in [4.78, 5) is 27.9. The first-order chi connectivity index (χ1) is 12.0. The highest BCUT2D eigenvalue weighted by atomic mass is 35.5. The summed E-state index contributed by atoms with van der Waals surface area (Å²) in [6.07, 6.45) is 3.11. The fourth-order valence-electron chi connectivity index (χ4n) is 2.12. The van der Waals surface area contributed by atoms with E-state index in [1.807, 2.05) is 12.1 Å². The SMILES string of the molecule is COC(=O)c1ccc2nc(NC(=O)/C=C/c3ccc(Cl)cc3)sc2c1. The Kier molecular flexibility index (Phi) is 5.11. The number of amides is 1. The number of fused-ring (bicyclic) bond motifs is 1. The number of thiazole rings is 1. The Morgan fingerprint density at radius 2 is 1.96 bits per heavy atom. The van der Waals surface area contributed by atoms with Gasteiger partial charge in [-0.15, -0.1) is 0 Å². The maximum absolute atomic E-state index is 12.0. The molecule has 5 nitrogen and oxygen atoms in total. The number of hydrogen-bond acceptors (Lipinski definition) is 5. The van der Waals surface area contributed by atoms with Crippen molar-refractivity contribution in [3.8, 4) is 0 Å². The molecule has 0 radical (unpaired) electrons. The predicted molar refractivity (Wildman–Crippen MR) is 100 cm³/mol. The fraction of sp³-hybridized carbons (Fsp3) is 0.0556. The first-order valence-corrected chi connectivity index (χ1v) is 8.48. The predicted octanol–water partition coefficient (Wildman–Crippen LogP) is 4.39. The number of nitrogens with zero attached hydrogens (tertiary/aromatic N) is 1. The van der Waals surface area contributed by atoms with E-state index in [2.05, 4.69) is 10.3 Å². The van der Waals surface area contributed by atoms with Crippen molar-refractivity contribution in [2.24, 2.45) is 0 Å². The van der Waals surface area contributed by atoms with Crippen LogP contribution in [0.1, 0.15) is 15.9 Å². The first kappa shape index (κ1) is 17.1. The van der Waals surface area contributed by atoms with E-state index in [9.17, 15) is 9.59 Å². The number of esters is 1. The number of halogens is 1. The molecule has 0 bridgehead atoms. The summed E-state index contributed by atoms with van der Waals surface area (Å²) < 4.78 is 5.49. The molecule has 0 unspecified atom stereocenters. The molecule has 0 aliphatic heterocycles. The van der Waals surface area contributed by atoms with Gasteiger partial charge in [0.25, 0.3) is 0 Å². The Hall–Kier alpha value is -2.70. The lowest BCUT2D eigenvalue weighted by Gasteiger charge is -1.97. The van der Waals surface area contributed by atoms with Gasteiger partial charge in [0.05, 0.1) is 22.9 Å². The molecule has 1 N–H and O–H groups in total. The molecular formula is C18H13ClN2O3S. The van der Waals surface area contributed by atoms with Crippen molar-refractivity contribution in [1.82, 2.24) is 4.98 Å². The highest BCUT2D eigenvalue weighted by molar-refractivity contribution is 7.22. The summed E-state index contributed by atoms with van der Waals surface area (Å²) in [6, 6.07) is 12.2. The Morgan fingerprint density at radius 1 is 1.20 bits per heavy atom. The largest absolute Gasteiger partial charge is 0.465 e. The summed E-state index contributed by atoms with van der Waals surface area (Å²) in [7, 11) is 1.33. The topological polar surface area (TPSA) is 68.3 Å². The van der Waals surface area contributed by atoms with E-state index in [4.69, 9.17) is 16.3 Å². The lowest BCUT2D eigenvalue weighted by atomic mass is 10.2. The molecule has 0 atom stereocenters. The van der Waals surface area contributed by atoms with Crippen LogP contribution in [-0.4, -0.2) is 24.0 Å². The lowest BCUT2D eigenvalue weighted by molar-refractivity contribution is -0.111. The van der Waals surface area contributed by atoms with Gasteiger partial charge >= 0.3 is 5.97 Å². The summed E-state index contributed by atoms with van der Waals surface area (Å²) in [5.41, 5.74) is 2.01. The number of carbonyl (C=O) groups excluding carboxylic acids is 2. The van der Waals surface area contributed by atoms with E-state index in [1.54, 1.807) is 36.4 Å². The number of carbonyl (C=O) groups is 2. The van der Waals surface area contributed by atoms with E-state index in [0.29, 0.717) is 21.2 Å². The number of nitrogens with one attached hydrogen (secondary N) is 1. The normalized spacial score (nSPS) is 11.0. The molecule has 126 valence electrons. The smallest absolute Gasteiger partial charge is 0.337 e. The van der Waals surface area contributed by atoms with Crippen LogP contribution in [0.25, 0.3) is 16.3 Å². The highest BCUT2D eigenvalue weighted by Gasteiger charge is 2.10. The second-order valence-electron chi connectivity index (χ2n) is 5.07. The van der Waals surface area contributed by atoms with E-state index in [-0.39, 0.29) is 5.91 Å². The van der Waals surface area contributed by atoms with Crippen molar-refractivity contribution in [3.05, 3.63) is 64.7 Å². The highest BCUT2D eigenvalue weighted by Crippen LogP contribution is 2.27. The minimum absolute atomic E-state index is 0.290. The maximum Gasteiger partial charge on any atom is 0.337 e. The number of benzene rings is 2. The van der Waals surface area contributed by atoms with Crippen LogP contribution in [0.5, 0.6) is 0 Å². The van der Waals surface area contributed by atoms with E-state index in [0.717, 1.165) is 10.3 Å². The molecule has 0 fully saturated rings. The third-order valence-electron chi connectivity index (χ3n) is 3.34. The second-order valence-corrected chi connectivity index (χ2v) is 6.53. The minimum Gasteiger partial charge on any atom is -0.465 e. The second kappa shape index (κ2) is 7.46. The van der Waals surface area contributed by atoms with Gasteiger partial charge in [-0.3, -0.25) is 10.1 Å². The fourth-order valence-corrected chi connectivity index (χ4v) is 3.15. The molecule has 1 amide bonds. The van der Waals surface area contributed by atoms with Crippen molar-refractivity contribution in [2.75, 3.05) is 12.4 Å². The average Bonchev–Trinajstić information content (AvgIpc) is 3.01. The molecule has 0 spiro atoms. The van der Waals surface area contributed by atoms with Gasteiger partial charge in [0, 0.05) is 11.1 Å². The third kappa shape index (κ3) is 4.23. The monoisotopic (exact) mass is 372 g/mol. The molecule has 3 rings (SSSR count). The summed E-state index contributed by atoms with van der Waals surface area (Å²) in [5, 5.41) is 3.82. The van der Waals surface area contributed by atoms with E-state index in [1.165, 1.54) is 24.5 Å². The van der Waals surface area contributed by atoms with Gasteiger partial charge in [0.15, 0.2) is 5.13 Å². The Balaban J connectivity index is 1.72. The molecule has 0 saturated carbocycles. The van der Waals surface area contributed by atoms with Crippen LogP contribution in [0.15, 0.2) is 48.5 Å². The Morgan fingerprint density at radius 3 is 2.68 bits per heavy atom. The number of anilines is 1. The van der Waals surface area contributed by atoms with Gasteiger partial charge in [-0.25, -0.2) is 9.78 Å². The zero-order chi connectivity index (χ0) is 17.8. The number of hydrogen-bond donors (Lipinski definition) is 1. The molecule has 2 aromatic carbocycles. The molecule has 0 aliphatic rings. The average molecular weight is 373 g/mol. The van der Waals surface area contributed by atoms with Crippen LogP contribution < -0.4 is 5.32 Å². The minimum atomic E-state index is -0.410. The van der Waals surface area contributed by atoms with Crippen molar-refractivity contribution in [3.63, 3.8) is 0 Å². The Labute approximate surface area is 152 Å². The maximum atomic E-state index is 12.0. The molecule has 1 aromatic heterocycles. The van der Waals surface area contributed by atoms with Crippen LogP contribution in [0.2, 0.25) is 5.02 Å². The van der Waals surface area contributed by atoms with Crippen molar-refractivity contribution in [1.29, 1.82) is 0 Å².